The van der Waals surface area contributed by atoms with E-state index in [4.69, 9.17) is 0 Å². The van der Waals surface area contributed by atoms with Crippen LogP contribution in [0.1, 0.15) is 41.5 Å². The molecule has 7 rings (SSSR count). The number of para-hydroxylation sites is 2. The van der Waals surface area contributed by atoms with Crippen molar-refractivity contribution in [3.8, 4) is 44.5 Å². The third kappa shape index (κ3) is 7.43. The molecule has 52 heavy (non-hydrogen) atoms. The molecule has 0 unspecified atom stereocenters. The Morgan fingerprint density at radius 1 is 0.288 bits per heavy atom. The summed E-state index contributed by atoms with van der Waals surface area (Å²) >= 11 is 0. The summed E-state index contributed by atoms with van der Waals surface area (Å²) in [4.78, 5) is 4.93. The van der Waals surface area contributed by atoms with Gasteiger partial charge in [0.15, 0.2) is 0 Å². The molecule has 7 aromatic carbocycles. The second-order valence-electron chi connectivity index (χ2n) is 15.5. The van der Waals surface area contributed by atoms with Crippen LogP contribution < -0.4 is 9.80 Å². The molecule has 0 bridgehead atoms. The zero-order valence-electron chi connectivity index (χ0n) is 31.2. The van der Waals surface area contributed by atoms with Crippen LogP contribution in [0.25, 0.3) is 44.5 Å². The summed E-state index contributed by atoms with van der Waals surface area (Å²) in [7, 11) is 0. The fourth-order valence-electron chi connectivity index (χ4n) is 7.33. The fraction of sp³-hybridized carbons (Fsp3) is 0.160. The first kappa shape index (κ1) is 34.6. The Bertz CT molecular complexity index is 2260. The van der Waals surface area contributed by atoms with E-state index in [2.05, 4.69) is 233 Å². The van der Waals surface area contributed by atoms with Gasteiger partial charge >= 0.3 is 0 Å². The summed E-state index contributed by atoms with van der Waals surface area (Å²) in [6.07, 6.45) is 0. The van der Waals surface area contributed by atoms with Gasteiger partial charge in [0.2, 0.25) is 0 Å². The van der Waals surface area contributed by atoms with Crippen molar-refractivity contribution in [1.29, 1.82) is 0 Å². The highest BCUT2D eigenvalue weighted by Crippen LogP contribution is 2.43. The van der Waals surface area contributed by atoms with Gasteiger partial charge in [-0.15, -0.1) is 0 Å². The molecule has 2 heteroatoms. The van der Waals surface area contributed by atoms with Gasteiger partial charge in [0.25, 0.3) is 0 Å². The highest BCUT2D eigenvalue weighted by Gasteiger charge is 2.27. The van der Waals surface area contributed by atoms with Crippen LogP contribution >= 0.6 is 0 Å². The highest BCUT2D eigenvalue weighted by atomic mass is 15.2. The van der Waals surface area contributed by atoms with Crippen molar-refractivity contribution < 1.29 is 0 Å². The monoisotopic (exact) mass is 676 g/mol. The van der Waals surface area contributed by atoms with Gasteiger partial charge in [-0.25, -0.2) is 0 Å². The van der Waals surface area contributed by atoms with Crippen LogP contribution in [0.5, 0.6) is 0 Å². The van der Waals surface area contributed by atoms with Crippen LogP contribution in [0.3, 0.4) is 0 Å². The Morgan fingerprint density at radius 3 is 1.31 bits per heavy atom. The Hall–Kier alpha value is -5.86. The molecule has 0 heterocycles. The van der Waals surface area contributed by atoms with Gasteiger partial charge in [0, 0.05) is 39.4 Å². The summed E-state index contributed by atoms with van der Waals surface area (Å²) in [6.45, 7) is 13.7. The van der Waals surface area contributed by atoms with Gasteiger partial charge in [0.05, 0.1) is 0 Å². The first-order valence-corrected chi connectivity index (χ1v) is 18.3. The summed E-state index contributed by atoms with van der Waals surface area (Å²) in [5.41, 5.74) is 13.9. The lowest BCUT2D eigenvalue weighted by Crippen LogP contribution is -2.37. The number of benzene rings is 7. The van der Waals surface area contributed by atoms with E-state index in [-0.39, 0.29) is 11.1 Å². The van der Waals surface area contributed by atoms with Gasteiger partial charge in [-0.05, 0) is 135 Å². The van der Waals surface area contributed by atoms with E-state index in [1.807, 2.05) is 0 Å². The van der Waals surface area contributed by atoms with Crippen LogP contribution in [0.15, 0.2) is 182 Å². The summed E-state index contributed by atoms with van der Waals surface area (Å²) < 4.78 is 0. The maximum absolute atomic E-state index is 2.48. The summed E-state index contributed by atoms with van der Waals surface area (Å²) in [5, 5.41) is 0. The van der Waals surface area contributed by atoms with Crippen molar-refractivity contribution in [3.63, 3.8) is 0 Å². The number of hydrogen-bond donors (Lipinski definition) is 0. The van der Waals surface area contributed by atoms with Crippen molar-refractivity contribution in [2.75, 3.05) is 9.80 Å². The van der Waals surface area contributed by atoms with Crippen LogP contribution in [0.2, 0.25) is 0 Å². The van der Waals surface area contributed by atoms with Gasteiger partial charge in [-0.3, -0.25) is 0 Å². The van der Waals surface area contributed by atoms with Crippen LogP contribution in [-0.2, 0) is 0 Å². The van der Waals surface area contributed by atoms with Crippen LogP contribution in [-0.4, -0.2) is 11.1 Å². The van der Waals surface area contributed by atoms with E-state index in [9.17, 15) is 0 Å². The molecule has 0 aliphatic carbocycles. The molecule has 7 aromatic rings. The zero-order chi connectivity index (χ0) is 36.3. The number of nitrogens with zero attached hydrogens (tertiary/aromatic N) is 2. The predicted molar refractivity (Wildman–Crippen MR) is 225 cm³/mol. The average molecular weight is 677 g/mol. The molecule has 0 saturated carbocycles. The minimum atomic E-state index is -0.198. The molecule has 0 spiro atoms. The lowest BCUT2D eigenvalue weighted by atomic mass is 9.92. The molecule has 0 saturated heterocycles. The molecular formula is C50H48N2. The largest absolute Gasteiger partial charge is 0.336 e. The molecule has 0 fully saturated rings. The topological polar surface area (TPSA) is 6.48 Å². The normalized spacial score (nSPS) is 11.7. The van der Waals surface area contributed by atoms with E-state index in [1.54, 1.807) is 0 Å². The molecular weight excluding hydrogens is 629 g/mol. The second-order valence-corrected chi connectivity index (χ2v) is 15.5. The zero-order valence-corrected chi connectivity index (χ0v) is 31.2. The molecule has 0 atom stereocenters. The van der Waals surface area contributed by atoms with Crippen molar-refractivity contribution in [3.05, 3.63) is 182 Å². The van der Waals surface area contributed by atoms with E-state index in [0.29, 0.717) is 0 Å². The van der Waals surface area contributed by atoms with Gasteiger partial charge in [-0.1, -0.05) is 127 Å². The molecule has 0 aromatic heterocycles. The summed E-state index contributed by atoms with van der Waals surface area (Å²) in [5.74, 6) is 0. The van der Waals surface area contributed by atoms with Crippen molar-refractivity contribution >= 4 is 22.7 Å². The minimum Gasteiger partial charge on any atom is -0.336 e. The van der Waals surface area contributed by atoms with E-state index in [1.165, 1.54) is 55.9 Å². The number of hydrogen-bond acceptors (Lipinski definition) is 2. The van der Waals surface area contributed by atoms with Gasteiger partial charge in [0.1, 0.15) is 0 Å². The van der Waals surface area contributed by atoms with Crippen molar-refractivity contribution in [1.82, 2.24) is 0 Å². The van der Waals surface area contributed by atoms with E-state index < -0.39 is 0 Å². The fourth-order valence-corrected chi connectivity index (χ4v) is 7.33. The maximum Gasteiger partial charge on any atom is 0.0495 e. The molecule has 0 radical (unpaired) electrons. The SMILES string of the molecule is CC(C)(C)N(c1cccc(-c2ccccc2)c1)c1cc(-c2ccccc2)cc(-c2cccc(-c3ccccc3N(c3ccccc3)C(C)(C)C)c2)c1. The van der Waals surface area contributed by atoms with Gasteiger partial charge in [-0.2, -0.15) is 0 Å². The van der Waals surface area contributed by atoms with Crippen molar-refractivity contribution in [2.24, 2.45) is 0 Å². The number of rotatable bonds is 8. The second kappa shape index (κ2) is 14.4. The first-order valence-electron chi connectivity index (χ1n) is 18.3. The van der Waals surface area contributed by atoms with Crippen LogP contribution in [0, 0.1) is 0 Å². The Morgan fingerprint density at radius 2 is 0.692 bits per heavy atom. The molecule has 0 aliphatic heterocycles. The quantitative estimate of drug-likeness (QED) is 0.158. The van der Waals surface area contributed by atoms with E-state index in [0.717, 1.165) is 11.4 Å². The maximum atomic E-state index is 2.48. The molecule has 2 nitrogen and oxygen atoms in total. The molecule has 0 N–H and O–H groups in total. The minimum absolute atomic E-state index is 0.137. The third-order valence-corrected chi connectivity index (χ3v) is 9.50. The Labute approximate surface area is 310 Å². The Kier molecular flexibility index (Phi) is 9.58. The smallest absolute Gasteiger partial charge is 0.0495 e. The lowest BCUT2D eigenvalue weighted by Gasteiger charge is -2.39. The third-order valence-electron chi connectivity index (χ3n) is 9.50. The lowest BCUT2D eigenvalue weighted by molar-refractivity contribution is 0.560. The Balaban J connectivity index is 1.38. The molecule has 0 amide bonds. The van der Waals surface area contributed by atoms with E-state index >= 15 is 0 Å². The van der Waals surface area contributed by atoms with Gasteiger partial charge < -0.3 is 9.80 Å². The van der Waals surface area contributed by atoms with Crippen LogP contribution in [0.4, 0.5) is 22.7 Å². The number of anilines is 4. The first-order chi connectivity index (χ1) is 25.1. The standard InChI is InChI=1S/C50H48N2/c1-49(2,3)51(45-29-19-25-40(34-45)37-20-10-7-11-21-37)46-35-42(38-22-12-8-13-23-38)33-43(36-46)39-24-18-26-41(32-39)47-30-16-17-31-48(47)52(50(4,5)6)44-27-14-9-15-28-44/h7-36H,1-6H3. The predicted octanol–water partition coefficient (Wildman–Crippen LogP) is 14.2. The molecule has 258 valence electrons. The summed E-state index contributed by atoms with van der Waals surface area (Å²) in [6, 6.07) is 65.9. The highest BCUT2D eigenvalue weighted by molar-refractivity contribution is 5.87. The molecule has 0 aliphatic rings. The average Bonchev–Trinajstić information content (AvgIpc) is 3.15. The van der Waals surface area contributed by atoms with Crippen molar-refractivity contribution in [2.45, 2.75) is 52.6 Å².